The highest BCUT2D eigenvalue weighted by molar-refractivity contribution is 9.10. The summed E-state index contributed by atoms with van der Waals surface area (Å²) in [6, 6.07) is 4.37. The van der Waals surface area contributed by atoms with Crippen LogP contribution in [-0.2, 0) is 0 Å². The molecule has 0 radical (unpaired) electrons. The molecule has 2 unspecified atom stereocenters. The lowest BCUT2D eigenvalue weighted by atomic mass is 9.73. The minimum atomic E-state index is -0.513. The highest BCUT2D eigenvalue weighted by atomic mass is 79.9. The molecule has 1 aliphatic carbocycles. The molecule has 0 saturated heterocycles. The van der Waals surface area contributed by atoms with E-state index in [-0.39, 0.29) is 11.5 Å². The van der Waals surface area contributed by atoms with Crippen molar-refractivity contribution in [2.45, 2.75) is 38.1 Å². The second-order valence-electron chi connectivity index (χ2n) is 5.59. The fourth-order valence-corrected chi connectivity index (χ4v) is 3.28. The smallest absolute Gasteiger partial charge is 0.254 e. The Bertz CT molecular complexity index is 509. The normalized spacial score (nSPS) is 26.3. The Kier molecular flexibility index (Phi) is 4.81. The van der Waals surface area contributed by atoms with Gasteiger partial charge < -0.3 is 11.1 Å². The highest BCUT2D eigenvalue weighted by Gasteiger charge is 2.38. The molecule has 20 heavy (non-hydrogen) atoms. The Labute approximate surface area is 127 Å². The molecule has 0 aliphatic heterocycles. The predicted octanol–water partition coefficient (Wildman–Crippen LogP) is 3.23. The summed E-state index contributed by atoms with van der Waals surface area (Å²) in [7, 11) is 0. The quantitative estimate of drug-likeness (QED) is 0.885. The molecule has 1 aliphatic rings. The molecule has 1 aromatic rings. The molecule has 1 amide bonds. The van der Waals surface area contributed by atoms with Gasteiger partial charge in [0, 0.05) is 11.0 Å². The SMILES string of the molecule is CC1CCCCC1(CN)NC(=O)c1cc(Br)ccc1F. The standard InChI is InChI=1S/C15H20BrFN2O/c1-10-4-2-3-7-15(10,9-18)19-14(20)12-8-11(16)5-6-13(12)17/h5-6,8,10H,2-4,7,9,18H2,1H3,(H,19,20). The lowest BCUT2D eigenvalue weighted by Gasteiger charge is -2.42. The lowest BCUT2D eigenvalue weighted by molar-refractivity contribution is 0.0808. The summed E-state index contributed by atoms with van der Waals surface area (Å²) >= 11 is 3.26. The summed E-state index contributed by atoms with van der Waals surface area (Å²) < 4.78 is 14.5. The van der Waals surface area contributed by atoms with Crippen molar-refractivity contribution >= 4 is 21.8 Å². The number of carbonyl (C=O) groups is 1. The molecule has 0 heterocycles. The Hall–Kier alpha value is -0.940. The van der Waals surface area contributed by atoms with Gasteiger partial charge in [-0.2, -0.15) is 0 Å². The molecule has 110 valence electrons. The Balaban J connectivity index is 2.23. The van der Waals surface area contributed by atoms with Crippen molar-refractivity contribution < 1.29 is 9.18 Å². The van der Waals surface area contributed by atoms with Crippen molar-refractivity contribution in [1.29, 1.82) is 0 Å². The third-order valence-corrected chi connectivity index (χ3v) is 4.85. The monoisotopic (exact) mass is 342 g/mol. The number of hydrogen-bond donors (Lipinski definition) is 2. The van der Waals surface area contributed by atoms with Crippen LogP contribution < -0.4 is 11.1 Å². The molecule has 1 saturated carbocycles. The zero-order valence-corrected chi connectivity index (χ0v) is 13.2. The van der Waals surface area contributed by atoms with Gasteiger partial charge in [0.05, 0.1) is 11.1 Å². The minimum Gasteiger partial charge on any atom is -0.345 e. The van der Waals surface area contributed by atoms with Gasteiger partial charge in [-0.05, 0) is 37.0 Å². The third kappa shape index (κ3) is 3.04. The number of carbonyl (C=O) groups excluding carboxylic acids is 1. The van der Waals surface area contributed by atoms with E-state index in [1.807, 2.05) is 0 Å². The number of halogens is 2. The molecular weight excluding hydrogens is 323 g/mol. The number of rotatable bonds is 3. The van der Waals surface area contributed by atoms with E-state index >= 15 is 0 Å². The van der Waals surface area contributed by atoms with Crippen molar-refractivity contribution in [3.8, 4) is 0 Å². The minimum absolute atomic E-state index is 0.0602. The summed E-state index contributed by atoms with van der Waals surface area (Å²) in [6.07, 6.45) is 4.09. The van der Waals surface area contributed by atoms with E-state index in [0.29, 0.717) is 16.9 Å². The zero-order valence-electron chi connectivity index (χ0n) is 11.6. The highest BCUT2D eigenvalue weighted by Crippen LogP contribution is 2.33. The fourth-order valence-electron chi connectivity index (χ4n) is 2.92. The van der Waals surface area contributed by atoms with Gasteiger partial charge in [0.25, 0.3) is 5.91 Å². The molecule has 3 N–H and O–H groups in total. The van der Waals surface area contributed by atoms with Crippen LogP contribution in [0.5, 0.6) is 0 Å². The predicted molar refractivity (Wildman–Crippen MR) is 81.0 cm³/mol. The zero-order chi connectivity index (χ0) is 14.8. The first-order valence-corrected chi connectivity index (χ1v) is 7.75. The first kappa shape index (κ1) is 15.4. The third-order valence-electron chi connectivity index (χ3n) is 4.35. The Morgan fingerprint density at radius 3 is 2.95 bits per heavy atom. The van der Waals surface area contributed by atoms with Crippen LogP contribution >= 0.6 is 15.9 Å². The summed E-state index contributed by atoms with van der Waals surface area (Å²) in [6.45, 7) is 2.49. The van der Waals surface area contributed by atoms with Crippen LogP contribution in [0.4, 0.5) is 4.39 Å². The van der Waals surface area contributed by atoms with Gasteiger partial charge in [0.15, 0.2) is 0 Å². The van der Waals surface area contributed by atoms with Crippen LogP contribution in [0.3, 0.4) is 0 Å². The molecular formula is C15H20BrFN2O. The maximum absolute atomic E-state index is 13.8. The van der Waals surface area contributed by atoms with Crippen LogP contribution in [0.25, 0.3) is 0 Å². The van der Waals surface area contributed by atoms with Crippen LogP contribution in [0.1, 0.15) is 43.0 Å². The average Bonchev–Trinajstić information content (AvgIpc) is 2.44. The molecule has 5 heteroatoms. The Morgan fingerprint density at radius 1 is 1.55 bits per heavy atom. The van der Waals surface area contributed by atoms with Crippen LogP contribution in [-0.4, -0.2) is 18.0 Å². The van der Waals surface area contributed by atoms with E-state index in [1.54, 1.807) is 6.07 Å². The summed E-state index contributed by atoms with van der Waals surface area (Å²) in [4.78, 5) is 12.4. The molecule has 0 bridgehead atoms. The Morgan fingerprint density at radius 2 is 2.30 bits per heavy atom. The number of hydrogen-bond acceptors (Lipinski definition) is 2. The van der Waals surface area contributed by atoms with E-state index in [4.69, 9.17) is 5.73 Å². The maximum Gasteiger partial charge on any atom is 0.254 e. The fraction of sp³-hybridized carbons (Fsp3) is 0.533. The van der Waals surface area contributed by atoms with Gasteiger partial charge in [-0.25, -0.2) is 4.39 Å². The van der Waals surface area contributed by atoms with Crippen LogP contribution in [0.15, 0.2) is 22.7 Å². The lowest BCUT2D eigenvalue weighted by Crippen LogP contribution is -2.59. The molecule has 1 aromatic carbocycles. The van der Waals surface area contributed by atoms with E-state index in [0.717, 1.165) is 25.7 Å². The molecule has 2 rings (SSSR count). The van der Waals surface area contributed by atoms with Gasteiger partial charge in [0.1, 0.15) is 5.82 Å². The van der Waals surface area contributed by atoms with E-state index < -0.39 is 11.4 Å². The van der Waals surface area contributed by atoms with E-state index in [2.05, 4.69) is 28.2 Å². The van der Waals surface area contributed by atoms with Gasteiger partial charge in [-0.3, -0.25) is 4.79 Å². The number of benzene rings is 1. The maximum atomic E-state index is 13.8. The second kappa shape index (κ2) is 6.22. The second-order valence-corrected chi connectivity index (χ2v) is 6.50. The molecule has 0 spiro atoms. The summed E-state index contributed by atoms with van der Waals surface area (Å²) in [5.41, 5.74) is 5.55. The molecule has 2 atom stereocenters. The number of nitrogens with two attached hydrogens (primary N) is 1. The van der Waals surface area contributed by atoms with Gasteiger partial charge in [-0.15, -0.1) is 0 Å². The topological polar surface area (TPSA) is 55.1 Å². The first-order chi connectivity index (χ1) is 9.48. The van der Waals surface area contributed by atoms with Gasteiger partial charge in [-0.1, -0.05) is 35.7 Å². The van der Waals surface area contributed by atoms with Gasteiger partial charge >= 0.3 is 0 Å². The van der Waals surface area contributed by atoms with Gasteiger partial charge in [0.2, 0.25) is 0 Å². The molecule has 1 fully saturated rings. The largest absolute Gasteiger partial charge is 0.345 e. The van der Waals surface area contributed by atoms with Crippen molar-refractivity contribution in [2.24, 2.45) is 11.7 Å². The van der Waals surface area contributed by atoms with Crippen LogP contribution in [0, 0.1) is 11.7 Å². The van der Waals surface area contributed by atoms with Crippen molar-refractivity contribution in [3.05, 3.63) is 34.1 Å². The van der Waals surface area contributed by atoms with E-state index in [1.165, 1.54) is 12.1 Å². The van der Waals surface area contributed by atoms with Crippen LogP contribution in [0.2, 0.25) is 0 Å². The number of nitrogens with one attached hydrogen (secondary N) is 1. The van der Waals surface area contributed by atoms with Crippen molar-refractivity contribution in [3.63, 3.8) is 0 Å². The summed E-state index contributed by atoms with van der Waals surface area (Å²) in [5.74, 6) is -0.593. The molecule has 0 aromatic heterocycles. The summed E-state index contributed by atoms with van der Waals surface area (Å²) in [5, 5.41) is 2.99. The van der Waals surface area contributed by atoms with Crippen molar-refractivity contribution in [2.75, 3.05) is 6.54 Å². The molecule has 3 nitrogen and oxygen atoms in total. The number of amides is 1. The average molecular weight is 343 g/mol. The van der Waals surface area contributed by atoms with E-state index in [9.17, 15) is 9.18 Å². The van der Waals surface area contributed by atoms with Crippen molar-refractivity contribution in [1.82, 2.24) is 5.32 Å². The first-order valence-electron chi connectivity index (χ1n) is 6.96.